The summed E-state index contributed by atoms with van der Waals surface area (Å²) in [6, 6.07) is 9.99. The number of carbonyl (C=O) groups excluding carboxylic acids is 1. The predicted octanol–water partition coefficient (Wildman–Crippen LogP) is 4.28. The number of carbonyl (C=O) groups is 1. The molecule has 1 N–H and O–H groups in total. The van der Waals surface area contributed by atoms with Gasteiger partial charge in [0.05, 0.1) is 10.1 Å². The predicted molar refractivity (Wildman–Crippen MR) is 104 cm³/mol. The van der Waals surface area contributed by atoms with E-state index in [0.29, 0.717) is 0 Å². The molecule has 0 saturated carbocycles. The number of benzene rings is 1. The first-order valence-electron chi connectivity index (χ1n) is 7.94. The molecule has 3 aromatic rings. The Morgan fingerprint density at radius 3 is 2.56 bits per heavy atom. The second kappa shape index (κ2) is 7.41. The molecule has 0 aliphatic rings. The minimum absolute atomic E-state index is 0.0388. The second-order valence-electron chi connectivity index (χ2n) is 5.86. The van der Waals surface area contributed by atoms with Crippen LogP contribution in [-0.2, 0) is 11.8 Å². The van der Waals surface area contributed by atoms with Crippen LogP contribution in [0.3, 0.4) is 0 Å². The van der Waals surface area contributed by atoms with E-state index in [2.05, 4.69) is 15.5 Å². The van der Waals surface area contributed by atoms with Gasteiger partial charge in [0.1, 0.15) is 0 Å². The minimum Gasteiger partial charge on any atom is -0.325 e. The van der Waals surface area contributed by atoms with Gasteiger partial charge < -0.3 is 9.88 Å². The quantitative estimate of drug-likeness (QED) is 0.679. The molecule has 0 aliphatic carbocycles. The highest BCUT2D eigenvalue weighted by atomic mass is 32.2. The third-order valence-corrected chi connectivity index (χ3v) is 5.96. The maximum absolute atomic E-state index is 12.6. The number of hydrogen-bond acceptors (Lipinski definition) is 5. The van der Waals surface area contributed by atoms with Gasteiger partial charge >= 0.3 is 0 Å². The fourth-order valence-corrected chi connectivity index (χ4v) is 4.04. The van der Waals surface area contributed by atoms with Gasteiger partial charge in [0.25, 0.3) is 0 Å². The molecule has 1 amide bonds. The number of hydrogen-bond donors (Lipinski definition) is 1. The molecular formula is C18H20N4OS2. The van der Waals surface area contributed by atoms with Crippen LogP contribution in [0.4, 0.5) is 5.69 Å². The van der Waals surface area contributed by atoms with Crippen LogP contribution in [0, 0.1) is 13.8 Å². The second-order valence-corrected chi connectivity index (χ2v) is 8.11. The Balaban J connectivity index is 1.72. The number of aryl methyl sites for hydroxylation is 2. The number of aromatic nitrogens is 3. The SMILES string of the molecule is Cc1cccc(C)c1NC(=O)C(C)Sc1nnc(-c2cccs2)n1C. The van der Waals surface area contributed by atoms with E-state index < -0.39 is 0 Å². The van der Waals surface area contributed by atoms with Gasteiger partial charge in [-0.05, 0) is 43.3 Å². The van der Waals surface area contributed by atoms with Crippen molar-refractivity contribution in [2.24, 2.45) is 7.05 Å². The highest BCUT2D eigenvalue weighted by molar-refractivity contribution is 8.00. The molecule has 130 valence electrons. The van der Waals surface area contributed by atoms with Gasteiger partial charge in [-0.15, -0.1) is 21.5 Å². The Hall–Kier alpha value is -2.12. The Bertz CT molecular complexity index is 866. The van der Waals surface area contributed by atoms with E-state index in [4.69, 9.17) is 0 Å². The molecular weight excluding hydrogens is 352 g/mol. The highest BCUT2D eigenvalue weighted by Gasteiger charge is 2.20. The lowest BCUT2D eigenvalue weighted by Crippen LogP contribution is -2.23. The van der Waals surface area contributed by atoms with Crippen molar-refractivity contribution >= 4 is 34.7 Å². The van der Waals surface area contributed by atoms with Crippen LogP contribution in [0.25, 0.3) is 10.7 Å². The van der Waals surface area contributed by atoms with E-state index in [1.807, 2.05) is 68.1 Å². The standard InChI is InChI=1S/C18H20N4OS2/c1-11-7-5-8-12(2)15(11)19-17(23)13(3)25-18-21-20-16(22(18)4)14-9-6-10-24-14/h5-10,13H,1-4H3,(H,19,23). The molecule has 0 fully saturated rings. The van der Waals surface area contributed by atoms with E-state index in [9.17, 15) is 4.79 Å². The molecule has 25 heavy (non-hydrogen) atoms. The van der Waals surface area contributed by atoms with Gasteiger partial charge in [-0.25, -0.2) is 0 Å². The van der Waals surface area contributed by atoms with E-state index >= 15 is 0 Å². The third-order valence-electron chi connectivity index (χ3n) is 3.96. The smallest absolute Gasteiger partial charge is 0.237 e. The largest absolute Gasteiger partial charge is 0.325 e. The van der Waals surface area contributed by atoms with Gasteiger partial charge in [0, 0.05) is 12.7 Å². The molecule has 2 heterocycles. The van der Waals surface area contributed by atoms with E-state index in [1.54, 1.807) is 11.3 Å². The van der Waals surface area contributed by atoms with Crippen molar-refractivity contribution in [2.75, 3.05) is 5.32 Å². The Morgan fingerprint density at radius 2 is 1.92 bits per heavy atom. The van der Waals surface area contributed by atoms with Crippen molar-refractivity contribution in [3.63, 3.8) is 0 Å². The summed E-state index contributed by atoms with van der Waals surface area (Å²) in [6.45, 7) is 5.87. The van der Waals surface area contributed by atoms with Gasteiger partial charge in [0.2, 0.25) is 5.91 Å². The van der Waals surface area contributed by atoms with Crippen molar-refractivity contribution in [2.45, 2.75) is 31.2 Å². The van der Waals surface area contributed by atoms with Gasteiger partial charge in [-0.1, -0.05) is 36.0 Å². The lowest BCUT2D eigenvalue weighted by atomic mass is 10.1. The summed E-state index contributed by atoms with van der Waals surface area (Å²) in [6.07, 6.45) is 0. The van der Waals surface area contributed by atoms with Crippen LogP contribution in [0.5, 0.6) is 0 Å². The number of nitrogens with one attached hydrogen (secondary N) is 1. The Labute approximate surface area is 155 Å². The lowest BCUT2D eigenvalue weighted by molar-refractivity contribution is -0.115. The molecule has 3 rings (SSSR count). The number of amides is 1. The summed E-state index contributed by atoms with van der Waals surface area (Å²) in [5.74, 6) is 0.780. The van der Waals surface area contributed by atoms with E-state index in [0.717, 1.165) is 32.7 Å². The highest BCUT2D eigenvalue weighted by Crippen LogP contribution is 2.29. The normalized spacial score (nSPS) is 12.2. The van der Waals surface area contributed by atoms with Gasteiger partial charge in [-0.3, -0.25) is 4.79 Å². The minimum atomic E-state index is -0.280. The number of anilines is 1. The summed E-state index contributed by atoms with van der Waals surface area (Å²) in [4.78, 5) is 13.6. The van der Waals surface area contributed by atoms with Crippen LogP contribution in [0.2, 0.25) is 0 Å². The maximum atomic E-state index is 12.6. The Morgan fingerprint density at radius 1 is 1.20 bits per heavy atom. The molecule has 0 bridgehead atoms. The molecule has 1 aromatic carbocycles. The molecule has 2 aromatic heterocycles. The van der Waals surface area contributed by atoms with Crippen LogP contribution >= 0.6 is 23.1 Å². The molecule has 5 nitrogen and oxygen atoms in total. The zero-order valence-electron chi connectivity index (χ0n) is 14.6. The topological polar surface area (TPSA) is 59.8 Å². The number of rotatable bonds is 5. The maximum Gasteiger partial charge on any atom is 0.237 e. The fourth-order valence-electron chi connectivity index (χ4n) is 2.49. The summed E-state index contributed by atoms with van der Waals surface area (Å²) >= 11 is 3.03. The Kier molecular flexibility index (Phi) is 5.24. The molecule has 0 saturated heterocycles. The molecule has 7 heteroatoms. The van der Waals surface area contributed by atoms with Crippen LogP contribution in [-0.4, -0.2) is 25.9 Å². The average Bonchev–Trinajstić information content (AvgIpc) is 3.21. The zero-order valence-corrected chi connectivity index (χ0v) is 16.2. The first-order chi connectivity index (χ1) is 12.0. The monoisotopic (exact) mass is 372 g/mol. The summed E-state index contributed by atoms with van der Waals surface area (Å²) in [7, 11) is 1.92. The molecule has 0 radical (unpaired) electrons. The van der Waals surface area contributed by atoms with E-state index in [-0.39, 0.29) is 11.2 Å². The van der Waals surface area contributed by atoms with Crippen molar-refractivity contribution in [1.29, 1.82) is 0 Å². The molecule has 0 aliphatic heterocycles. The number of thiophene rings is 1. The van der Waals surface area contributed by atoms with Gasteiger partial charge in [0.15, 0.2) is 11.0 Å². The molecule has 1 atom stereocenters. The number of para-hydroxylation sites is 1. The summed E-state index contributed by atoms with van der Waals surface area (Å²) in [5.41, 5.74) is 3.01. The fraction of sp³-hybridized carbons (Fsp3) is 0.278. The van der Waals surface area contributed by atoms with Crippen LogP contribution < -0.4 is 5.32 Å². The first-order valence-corrected chi connectivity index (χ1v) is 9.70. The van der Waals surface area contributed by atoms with Crippen LogP contribution in [0.1, 0.15) is 18.1 Å². The number of nitrogens with zero attached hydrogens (tertiary/aromatic N) is 3. The van der Waals surface area contributed by atoms with Crippen molar-refractivity contribution in [3.8, 4) is 10.7 Å². The molecule has 0 spiro atoms. The number of thioether (sulfide) groups is 1. The lowest BCUT2D eigenvalue weighted by Gasteiger charge is -2.15. The summed E-state index contributed by atoms with van der Waals surface area (Å²) in [5, 5.41) is 14.0. The first kappa shape index (κ1) is 17.7. The van der Waals surface area contributed by atoms with Crippen molar-refractivity contribution < 1.29 is 4.79 Å². The third kappa shape index (κ3) is 3.77. The average molecular weight is 373 g/mol. The molecule has 1 unspecified atom stereocenters. The van der Waals surface area contributed by atoms with Crippen molar-refractivity contribution in [3.05, 3.63) is 46.8 Å². The van der Waals surface area contributed by atoms with Crippen LogP contribution in [0.15, 0.2) is 40.9 Å². The zero-order chi connectivity index (χ0) is 18.0. The van der Waals surface area contributed by atoms with Gasteiger partial charge in [-0.2, -0.15) is 0 Å². The van der Waals surface area contributed by atoms with Crippen molar-refractivity contribution in [1.82, 2.24) is 14.8 Å². The van der Waals surface area contributed by atoms with E-state index in [1.165, 1.54) is 11.8 Å². The summed E-state index contributed by atoms with van der Waals surface area (Å²) < 4.78 is 1.93.